The zero-order valence-electron chi connectivity index (χ0n) is 13.9. The highest BCUT2D eigenvalue weighted by Crippen LogP contribution is 2.09. The van der Waals surface area contributed by atoms with Crippen molar-refractivity contribution in [2.45, 2.75) is 13.1 Å². The lowest BCUT2D eigenvalue weighted by atomic mass is 10.2. The highest BCUT2D eigenvalue weighted by atomic mass is 16.2. The summed E-state index contributed by atoms with van der Waals surface area (Å²) in [4.78, 5) is 20.6. The minimum absolute atomic E-state index is 0.0173. The van der Waals surface area contributed by atoms with Crippen LogP contribution < -0.4 is 5.32 Å². The first kappa shape index (κ1) is 16.0. The number of benzene rings is 1. The largest absolute Gasteiger partial charge is 0.353 e. The molecule has 0 saturated carbocycles. The van der Waals surface area contributed by atoms with Gasteiger partial charge in [-0.1, -0.05) is 12.1 Å². The van der Waals surface area contributed by atoms with Crippen molar-refractivity contribution in [2.24, 2.45) is 0 Å². The molecule has 2 aromatic heterocycles. The minimum Gasteiger partial charge on any atom is -0.353 e. The van der Waals surface area contributed by atoms with Crippen molar-refractivity contribution in [1.82, 2.24) is 24.8 Å². The third-order valence-electron chi connectivity index (χ3n) is 3.77. The Morgan fingerprint density at radius 2 is 1.96 bits per heavy atom. The van der Waals surface area contributed by atoms with Crippen LogP contribution in [0.15, 0.2) is 55.1 Å². The number of nitrogens with one attached hydrogen (secondary N) is 2. The normalized spacial score (nSPS) is 10.8. The molecule has 3 aromatic rings. The van der Waals surface area contributed by atoms with Crippen LogP contribution in [0.1, 0.15) is 21.7 Å². The predicted molar refractivity (Wildman–Crippen MR) is 92.9 cm³/mol. The molecule has 2 heterocycles. The zero-order valence-corrected chi connectivity index (χ0v) is 13.9. The number of nitrogens with zero attached hydrogens (tertiary/aromatic N) is 3. The van der Waals surface area contributed by atoms with Gasteiger partial charge in [-0.3, -0.25) is 4.79 Å². The van der Waals surface area contributed by atoms with E-state index in [1.54, 1.807) is 31.5 Å². The number of carbonyl (C=O) groups excluding carboxylic acids is 1. The van der Waals surface area contributed by atoms with Crippen LogP contribution in [0.5, 0.6) is 0 Å². The number of aromatic nitrogens is 3. The standard InChI is InChI=1S/C18H21N5O/c1-22(2)18(24)17-8-5-15(21-17)12-20-11-14-3-6-16(7-4-14)23-10-9-19-13-23/h3-10,13,20-21H,11-12H2,1-2H3. The zero-order chi connectivity index (χ0) is 16.9. The van der Waals surface area contributed by atoms with E-state index in [0.717, 1.165) is 17.9 Å². The molecule has 0 unspecified atom stereocenters. The number of H-pyrrole nitrogens is 1. The van der Waals surface area contributed by atoms with Gasteiger partial charge in [0.05, 0.1) is 6.33 Å². The fraction of sp³-hybridized carbons (Fsp3) is 0.222. The van der Waals surface area contributed by atoms with Crippen molar-refractivity contribution in [3.63, 3.8) is 0 Å². The second-order valence-corrected chi connectivity index (χ2v) is 5.84. The topological polar surface area (TPSA) is 66.0 Å². The van der Waals surface area contributed by atoms with Crippen molar-refractivity contribution in [3.8, 4) is 5.69 Å². The Labute approximate surface area is 141 Å². The molecule has 0 radical (unpaired) electrons. The Bertz CT molecular complexity index is 787. The van der Waals surface area contributed by atoms with Gasteiger partial charge in [-0.05, 0) is 29.8 Å². The van der Waals surface area contributed by atoms with E-state index in [0.29, 0.717) is 12.2 Å². The molecule has 0 aliphatic carbocycles. The monoisotopic (exact) mass is 323 g/mol. The summed E-state index contributed by atoms with van der Waals surface area (Å²) in [6.45, 7) is 1.45. The van der Waals surface area contributed by atoms with Crippen LogP contribution in [-0.4, -0.2) is 39.4 Å². The molecular formula is C18H21N5O. The molecule has 0 fully saturated rings. The number of amides is 1. The lowest BCUT2D eigenvalue weighted by molar-refractivity contribution is 0.0822. The number of imidazole rings is 1. The summed E-state index contributed by atoms with van der Waals surface area (Å²) in [7, 11) is 3.49. The first-order valence-electron chi connectivity index (χ1n) is 7.81. The van der Waals surface area contributed by atoms with E-state index < -0.39 is 0 Å². The van der Waals surface area contributed by atoms with Crippen molar-refractivity contribution in [3.05, 3.63) is 72.1 Å². The molecule has 1 amide bonds. The van der Waals surface area contributed by atoms with Crippen LogP contribution in [0.25, 0.3) is 5.69 Å². The molecular weight excluding hydrogens is 302 g/mol. The van der Waals surface area contributed by atoms with Crippen molar-refractivity contribution >= 4 is 5.91 Å². The van der Waals surface area contributed by atoms with Gasteiger partial charge in [0.25, 0.3) is 5.91 Å². The van der Waals surface area contributed by atoms with Crippen molar-refractivity contribution < 1.29 is 4.79 Å². The van der Waals surface area contributed by atoms with Gasteiger partial charge >= 0.3 is 0 Å². The summed E-state index contributed by atoms with van der Waals surface area (Å²) in [6, 6.07) is 12.1. The van der Waals surface area contributed by atoms with Crippen LogP contribution in [0, 0.1) is 0 Å². The van der Waals surface area contributed by atoms with E-state index in [2.05, 4.69) is 39.6 Å². The summed E-state index contributed by atoms with van der Waals surface area (Å²) in [6.07, 6.45) is 5.47. The fourth-order valence-electron chi connectivity index (χ4n) is 2.45. The number of rotatable bonds is 6. The molecule has 124 valence electrons. The average Bonchev–Trinajstić information content (AvgIpc) is 3.26. The summed E-state index contributed by atoms with van der Waals surface area (Å²) < 4.78 is 1.97. The molecule has 6 heteroatoms. The fourth-order valence-corrected chi connectivity index (χ4v) is 2.45. The molecule has 0 bridgehead atoms. The maximum absolute atomic E-state index is 11.9. The average molecular weight is 323 g/mol. The SMILES string of the molecule is CN(C)C(=O)c1ccc(CNCc2ccc(-n3ccnc3)cc2)[nH]1. The molecule has 24 heavy (non-hydrogen) atoms. The van der Waals surface area contributed by atoms with Crippen LogP contribution in [0.4, 0.5) is 0 Å². The van der Waals surface area contributed by atoms with Crippen LogP contribution in [0.2, 0.25) is 0 Å². The van der Waals surface area contributed by atoms with E-state index >= 15 is 0 Å². The van der Waals surface area contributed by atoms with E-state index in [1.165, 1.54) is 5.56 Å². The Kier molecular flexibility index (Phi) is 4.77. The van der Waals surface area contributed by atoms with E-state index in [-0.39, 0.29) is 5.91 Å². The van der Waals surface area contributed by atoms with Crippen molar-refractivity contribution in [2.75, 3.05) is 14.1 Å². The summed E-state index contributed by atoms with van der Waals surface area (Å²) >= 11 is 0. The van der Waals surface area contributed by atoms with Gasteiger partial charge in [0.1, 0.15) is 5.69 Å². The molecule has 0 aliphatic heterocycles. The third kappa shape index (κ3) is 3.72. The Balaban J connectivity index is 1.52. The third-order valence-corrected chi connectivity index (χ3v) is 3.77. The van der Waals surface area contributed by atoms with Gasteiger partial charge in [-0.15, -0.1) is 0 Å². The van der Waals surface area contributed by atoms with Gasteiger partial charge in [0.15, 0.2) is 0 Å². The van der Waals surface area contributed by atoms with Crippen LogP contribution >= 0.6 is 0 Å². The highest BCUT2D eigenvalue weighted by Gasteiger charge is 2.09. The lowest BCUT2D eigenvalue weighted by Crippen LogP contribution is -2.22. The Morgan fingerprint density at radius 3 is 2.62 bits per heavy atom. The second-order valence-electron chi connectivity index (χ2n) is 5.84. The Hall–Kier alpha value is -2.86. The van der Waals surface area contributed by atoms with Gasteiger partial charge in [-0.25, -0.2) is 4.98 Å². The molecule has 0 atom stereocenters. The maximum Gasteiger partial charge on any atom is 0.269 e. The van der Waals surface area contributed by atoms with Gasteiger partial charge in [0.2, 0.25) is 0 Å². The molecule has 0 saturated heterocycles. The number of hydrogen-bond acceptors (Lipinski definition) is 3. The molecule has 3 rings (SSSR count). The summed E-state index contributed by atoms with van der Waals surface area (Å²) in [5.41, 5.74) is 3.90. The molecule has 1 aromatic carbocycles. The second kappa shape index (κ2) is 7.14. The minimum atomic E-state index is -0.0173. The first-order valence-corrected chi connectivity index (χ1v) is 7.81. The highest BCUT2D eigenvalue weighted by molar-refractivity contribution is 5.92. The number of aromatic amines is 1. The van der Waals surface area contributed by atoms with Gasteiger partial charge < -0.3 is 19.8 Å². The quantitative estimate of drug-likeness (QED) is 0.731. The van der Waals surface area contributed by atoms with Crippen LogP contribution in [0.3, 0.4) is 0 Å². The van der Waals surface area contributed by atoms with E-state index in [9.17, 15) is 4.79 Å². The summed E-state index contributed by atoms with van der Waals surface area (Å²) in [5.74, 6) is -0.0173. The number of carbonyl (C=O) groups is 1. The first-order chi connectivity index (χ1) is 11.6. The van der Waals surface area contributed by atoms with Crippen molar-refractivity contribution in [1.29, 1.82) is 0 Å². The van der Waals surface area contributed by atoms with Crippen LogP contribution in [-0.2, 0) is 13.1 Å². The summed E-state index contributed by atoms with van der Waals surface area (Å²) in [5, 5.41) is 3.38. The molecule has 0 aliphatic rings. The molecule has 0 spiro atoms. The maximum atomic E-state index is 11.9. The van der Waals surface area contributed by atoms with Gasteiger partial charge in [-0.2, -0.15) is 0 Å². The smallest absolute Gasteiger partial charge is 0.269 e. The molecule has 2 N–H and O–H groups in total. The Morgan fingerprint density at radius 1 is 1.17 bits per heavy atom. The van der Waals surface area contributed by atoms with E-state index in [4.69, 9.17) is 0 Å². The van der Waals surface area contributed by atoms with Gasteiger partial charge in [0, 0.05) is 51.0 Å². The lowest BCUT2D eigenvalue weighted by Gasteiger charge is -2.08. The molecule has 6 nitrogen and oxygen atoms in total. The van der Waals surface area contributed by atoms with E-state index in [1.807, 2.05) is 22.9 Å². The predicted octanol–water partition coefficient (Wildman–Crippen LogP) is 2.19. The number of hydrogen-bond donors (Lipinski definition) is 2.